The van der Waals surface area contributed by atoms with Crippen molar-refractivity contribution in [2.75, 3.05) is 14.2 Å². The van der Waals surface area contributed by atoms with Crippen molar-refractivity contribution in [3.05, 3.63) is 206 Å². The van der Waals surface area contributed by atoms with Crippen LogP contribution in [0.4, 0.5) is 0 Å². The van der Waals surface area contributed by atoms with E-state index in [1.165, 1.54) is 74.9 Å². The zero-order valence-corrected chi connectivity index (χ0v) is 40.9. The standard InChI is InChI=1S/C54H40O2P2.2C2H4O2.Ru/c1-55-49-21-11-23-51(57(45-29-25-37-13-3-7-17-41(37)33-45)46-30-26-38-14-4-8-18-42(38)34-46)53(49)54-50(56-2)22-12-24-52(54)58(47-31-27-39-15-5-9-19-43(39)35-47)48-32-28-40-16-6-10-20-44(40)36-48;2*1-2(3)4;/h3-36H,1-2H3;2*1H3,(H,3,4);/q;;;+2/p-2. The number of carboxylic acids is 2. The van der Waals surface area contributed by atoms with Crippen LogP contribution in [0.5, 0.6) is 11.5 Å². The van der Waals surface area contributed by atoms with Crippen molar-refractivity contribution in [2.45, 2.75) is 13.8 Å². The molecule has 10 aromatic carbocycles. The summed E-state index contributed by atoms with van der Waals surface area (Å²) in [5.41, 5.74) is 2.14. The number of ether oxygens (including phenoxy) is 2. The molecule has 0 aliphatic carbocycles. The maximum atomic E-state index is 8.89. The number of aliphatic carboxylic acids is 2. The minimum atomic E-state index is -1.09. The Labute approximate surface area is 406 Å². The number of carboxylic acid groups (broad SMARTS) is 2. The van der Waals surface area contributed by atoms with Crippen LogP contribution >= 0.6 is 15.8 Å². The van der Waals surface area contributed by atoms with Crippen LogP contribution in [0.25, 0.3) is 54.2 Å². The van der Waals surface area contributed by atoms with Gasteiger partial charge in [-0.05, 0) is 141 Å². The van der Waals surface area contributed by atoms with E-state index in [9.17, 15) is 0 Å². The number of rotatable bonds is 9. The Hall–Kier alpha value is -6.74. The molecule has 0 aromatic heterocycles. The molecule has 0 N–H and O–H groups in total. The molecule has 0 unspecified atom stereocenters. The normalized spacial score (nSPS) is 10.8. The fourth-order valence-electron chi connectivity index (χ4n) is 8.37. The Balaban J connectivity index is 0.000000688. The molecule has 0 aliphatic rings. The molecule has 10 rings (SSSR count). The maximum Gasteiger partial charge on any atom is 2.00 e. The van der Waals surface area contributed by atoms with Gasteiger partial charge in [-0.1, -0.05) is 170 Å². The Bertz CT molecular complexity index is 2980. The summed E-state index contributed by atoms with van der Waals surface area (Å²) in [7, 11) is 1.40. The molecular weight excluding hydrogens is 956 g/mol. The molecule has 0 saturated carbocycles. The molecule has 9 heteroatoms. The molecule has 67 heavy (non-hydrogen) atoms. The summed E-state index contributed by atoms with van der Waals surface area (Å²) >= 11 is 0. The largest absolute Gasteiger partial charge is 2.00 e. The maximum absolute atomic E-state index is 8.89. The van der Waals surface area contributed by atoms with Crippen LogP contribution in [0.15, 0.2) is 206 Å². The molecule has 0 atom stereocenters. The average Bonchev–Trinajstić information content (AvgIpc) is 3.33. The van der Waals surface area contributed by atoms with E-state index in [1.807, 2.05) is 0 Å². The van der Waals surface area contributed by atoms with Crippen molar-refractivity contribution in [1.29, 1.82) is 0 Å². The first-order valence-corrected chi connectivity index (χ1v) is 24.1. The minimum Gasteiger partial charge on any atom is -0.550 e. The van der Waals surface area contributed by atoms with Gasteiger partial charge >= 0.3 is 19.5 Å². The van der Waals surface area contributed by atoms with E-state index in [-0.39, 0.29) is 19.5 Å². The van der Waals surface area contributed by atoms with Gasteiger partial charge in [0.1, 0.15) is 11.5 Å². The molecule has 10 aromatic rings. The summed E-state index contributed by atoms with van der Waals surface area (Å²) in [6.07, 6.45) is 0. The van der Waals surface area contributed by atoms with E-state index in [0.717, 1.165) is 36.5 Å². The van der Waals surface area contributed by atoms with Crippen molar-refractivity contribution in [1.82, 2.24) is 0 Å². The number of fused-ring (bicyclic) bond motifs is 4. The predicted molar refractivity (Wildman–Crippen MR) is 274 cm³/mol. The van der Waals surface area contributed by atoms with Crippen molar-refractivity contribution in [3.8, 4) is 22.6 Å². The van der Waals surface area contributed by atoms with Gasteiger partial charge in [0.2, 0.25) is 0 Å². The molecule has 0 bridgehead atoms. The number of carbonyl (C=O) groups is 2. The average molecular weight is 1000 g/mol. The second kappa shape index (κ2) is 22.2. The fourth-order valence-corrected chi connectivity index (χ4v) is 13.4. The van der Waals surface area contributed by atoms with E-state index in [1.54, 1.807) is 14.2 Å². The third kappa shape index (κ3) is 10.9. The van der Waals surface area contributed by atoms with Crippen molar-refractivity contribution in [3.63, 3.8) is 0 Å². The van der Waals surface area contributed by atoms with Crippen molar-refractivity contribution in [2.24, 2.45) is 0 Å². The second-order valence-electron chi connectivity index (χ2n) is 15.5. The topological polar surface area (TPSA) is 98.7 Å². The molecule has 0 radical (unpaired) electrons. The van der Waals surface area contributed by atoms with Gasteiger partial charge in [-0.2, -0.15) is 0 Å². The molecule has 0 saturated heterocycles. The molecule has 0 spiro atoms. The molecule has 0 aliphatic heterocycles. The van der Waals surface area contributed by atoms with Crippen LogP contribution in [-0.2, 0) is 29.1 Å². The Morgan fingerprint density at radius 3 is 0.836 bits per heavy atom. The number of benzene rings is 10. The number of hydrogen-bond donors (Lipinski definition) is 0. The third-order valence-corrected chi connectivity index (χ3v) is 16.0. The summed E-state index contributed by atoms with van der Waals surface area (Å²) < 4.78 is 12.9. The van der Waals surface area contributed by atoms with Crippen LogP contribution in [0.2, 0.25) is 0 Å². The van der Waals surface area contributed by atoms with Gasteiger partial charge in [-0.15, -0.1) is 0 Å². The number of methoxy groups -OCH3 is 2. The zero-order valence-electron chi connectivity index (χ0n) is 37.3. The van der Waals surface area contributed by atoms with Gasteiger partial charge in [0.05, 0.1) is 14.2 Å². The van der Waals surface area contributed by atoms with E-state index < -0.39 is 27.8 Å². The molecule has 332 valence electrons. The van der Waals surface area contributed by atoms with Gasteiger partial charge in [-0.3, -0.25) is 0 Å². The molecule has 0 fully saturated rings. The fraction of sp³-hybridized carbons (Fsp3) is 0.0690. The van der Waals surface area contributed by atoms with Crippen LogP contribution in [0.1, 0.15) is 13.8 Å². The molecule has 0 heterocycles. The van der Waals surface area contributed by atoms with Crippen molar-refractivity contribution < 1.29 is 48.8 Å². The van der Waals surface area contributed by atoms with Crippen LogP contribution < -0.4 is 51.5 Å². The van der Waals surface area contributed by atoms with Crippen LogP contribution in [0, 0.1) is 0 Å². The van der Waals surface area contributed by atoms with Crippen molar-refractivity contribution >= 4 is 103 Å². The first-order valence-electron chi connectivity index (χ1n) is 21.4. The van der Waals surface area contributed by atoms with E-state index in [0.29, 0.717) is 0 Å². The Morgan fingerprint density at radius 1 is 0.358 bits per heavy atom. The van der Waals surface area contributed by atoms with Crippen LogP contribution in [0.3, 0.4) is 0 Å². The van der Waals surface area contributed by atoms with Gasteiger partial charge in [0.25, 0.3) is 0 Å². The quantitative estimate of drug-likeness (QED) is 0.106. The van der Waals surface area contributed by atoms with Gasteiger partial charge < -0.3 is 29.3 Å². The monoisotopic (exact) mass is 1000 g/mol. The first-order chi connectivity index (χ1) is 32.1. The Kier molecular flexibility index (Phi) is 15.9. The first kappa shape index (κ1) is 48.2. The van der Waals surface area contributed by atoms with E-state index in [4.69, 9.17) is 29.3 Å². The SMILES string of the molecule is CC(=O)[O-].CC(=O)[O-].COc1cccc(P(c2ccc3ccccc3c2)c2ccc3ccccc3c2)c1-c1c(OC)cccc1P(c1ccc2ccccc2c1)c1ccc2ccccc2c1.[Ru+2]. The summed E-state index contributed by atoms with van der Waals surface area (Å²) in [4.78, 5) is 17.8. The smallest absolute Gasteiger partial charge is 0.550 e. The number of hydrogen-bond acceptors (Lipinski definition) is 6. The predicted octanol–water partition coefficient (Wildman–Crippen LogP) is 9.01. The minimum absolute atomic E-state index is 0. The van der Waals surface area contributed by atoms with E-state index >= 15 is 0 Å². The molecular formula is C58H46O6P2Ru. The van der Waals surface area contributed by atoms with Gasteiger partial charge in [0.15, 0.2) is 0 Å². The van der Waals surface area contributed by atoms with Crippen LogP contribution in [-0.4, -0.2) is 26.2 Å². The summed E-state index contributed by atoms with van der Waals surface area (Å²) in [5.74, 6) is -0.520. The Morgan fingerprint density at radius 2 is 0.597 bits per heavy atom. The summed E-state index contributed by atoms with van der Waals surface area (Å²) in [6.45, 7) is 1.94. The summed E-state index contributed by atoms with van der Waals surface area (Å²) in [5, 5.41) is 35.2. The third-order valence-electron chi connectivity index (χ3n) is 11.1. The molecule has 0 amide bonds. The summed E-state index contributed by atoms with van der Waals surface area (Å²) in [6, 6.07) is 75.7. The van der Waals surface area contributed by atoms with Gasteiger partial charge in [-0.25, -0.2) is 0 Å². The molecule has 6 nitrogen and oxygen atoms in total. The number of carbonyl (C=O) groups excluding carboxylic acids is 2. The van der Waals surface area contributed by atoms with E-state index in [2.05, 4.69) is 206 Å². The zero-order chi connectivity index (χ0) is 46.2. The van der Waals surface area contributed by atoms with Gasteiger partial charge in [0, 0.05) is 23.1 Å². The second-order valence-corrected chi connectivity index (χ2v) is 19.9.